The second-order valence-corrected chi connectivity index (χ2v) is 2.75. The zero-order chi connectivity index (χ0) is 10.9. The van der Waals surface area contributed by atoms with Gasteiger partial charge in [0.25, 0.3) is 0 Å². The molecule has 1 aromatic rings. The highest BCUT2D eigenvalue weighted by Gasteiger charge is 2.18. The molecule has 0 aliphatic carbocycles. The fourth-order valence-electron chi connectivity index (χ4n) is 0.984. The number of nitrogens with zero attached hydrogens (tertiary/aromatic N) is 1. The third kappa shape index (κ3) is 1.63. The zero-order valence-electron chi connectivity index (χ0n) is 7.35. The maximum atomic E-state index is 10.9. The van der Waals surface area contributed by atoms with Gasteiger partial charge in [0.05, 0.1) is 10.6 Å². The minimum Gasteiger partial charge on any atom is -0.501 e. The van der Waals surface area contributed by atoms with E-state index in [0.29, 0.717) is 0 Å². The fourth-order valence-corrected chi connectivity index (χ4v) is 0.984. The molecule has 6 heteroatoms. The van der Waals surface area contributed by atoms with E-state index < -0.39 is 16.4 Å². The number of anilines is 1. The number of ketones is 1. The first kappa shape index (κ1) is 9.97. The first-order valence-electron chi connectivity index (χ1n) is 3.71. The molecule has 0 heterocycles. The van der Waals surface area contributed by atoms with Gasteiger partial charge >= 0.3 is 5.69 Å². The number of carbonyl (C=O) groups excluding carboxylic acids is 1. The molecule has 0 spiro atoms. The van der Waals surface area contributed by atoms with Crippen LogP contribution >= 0.6 is 0 Å². The molecule has 0 fully saturated rings. The lowest BCUT2D eigenvalue weighted by Gasteiger charge is -2.02. The van der Waals surface area contributed by atoms with Crippen LogP contribution in [0.25, 0.3) is 0 Å². The quantitative estimate of drug-likeness (QED) is 0.242. The van der Waals surface area contributed by atoms with E-state index in [9.17, 15) is 20.0 Å². The van der Waals surface area contributed by atoms with Crippen molar-refractivity contribution in [2.75, 3.05) is 5.73 Å². The number of nitrogens with two attached hydrogens (primary N) is 1. The highest BCUT2D eigenvalue weighted by atomic mass is 16.6. The van der Waals surface area contributed by atoms with Crippen molar-refractivity contribution in [2.45, 2.75) is 6.92 Å². The molecular weight excluding hydrogens is 188 g/mol. The highest BCUT2D eigenvalue weighted by Crippen LogP contribution is 2.33. The van der Waals surface area contributed by atoms with Crippen molar-refractivity contribution >= 4 is 17.2 Å². The van der Waals surface area contributed by atoms with Gasteiger partial charge in [0.15, 0.2) is 5.78 Å². The van der Waals surface area contributed by atoms with Gasteiger partial charge in [-0.05, 0) is 13.0 Å². The Hall–Kier alpha value is -2.11. The fraction of sp³-hybridized carbons (Fsp3) is 0.125. The molecule has 0 saturated carbocycles. The van der Waals surface area contributed by atoms with E-state index in [1.165, 1.54) is 13.0 Å². The van der Waals surface area contributed by atoms with Crippen LogP contribution in [0.5, 0.6) is 5.75 Å². The maximum absolute atomic E-state index is 10.9. The number of nitro benzene ring substituents is 1. The van der Waals surface area contributed by atoms with Crippen molar-refractivity contribution in [1.82, 2.24) is 0 Å². The molecule has 74 valence electrons. The van der Waals surface area contributed by atoms with Crippen LogP contribution in [0.1, 0.15) is 17.3 Å². The van der Waals surface area contributed by atoms with E-state index in [2.05, 4.69) is 0 Å². The average Bonchev–Trinajstić information content (AvgIpc) is 2.08. The number of benzene rings is 1. The van der Waals surface area contributed by atoms with E-state index in [1.807, 2.05) is 0 Å². The molecule has 0 aromatic heterocycles. The first-order valence-corrected chi connectivity index (χ1v) is 3.71. The Kier molecular flexibility index (Phi) is 2.37. The molecule has 1 rings (SSSR count). The molecule has 1 aromatic carbocycles. The molecule has 0 aliphatic rings. The number of hydrogen-bond acceptors (Lipinski definition) is 5. The third-order valence-electron chi connectivity index (χ3n) is 1.72. The average molecular weight is 196 g/mol. The van der Waals surface area contributed by atoms with Gasteiger partial charge in [0, 0.05) is 11.6 Å². The molecule has 0 amide bonds. The number of hydrogen-bond donors (Lipinski definition) is 2. The lowest BCUT2D eigenvalue weighted by molar-refractivity contribution is -0.385. The van der Waals surface area contributed by atoms with Crippen LogP contribution in [0.4, 0.5) is 11.4 Å². The number of nitrogen functional groups attached to an aromatic ring is 1. The summed E-state index contributed by atoms with van der Waals surface area (Å²) in [6, 6.07) is 2.19. The van der Waals surface area contributed by atoms with E-state index in [4.69, 9.17) is 5.73 Å². The van der Waals surface area contributed by atoms with E-state index in [0.717, 1.165) is 6.07 Å². The van der Waals surface area contributed by atoms with Crippen molar-refractivity contribution in [3.63, 3.8) is 0 Å². The summed E-state index contributed by atoms with van der Waals surface area (Å²) >= 11 is 0. The Morgan fingerprint density at radius 1 is 1.57 bits per heavy atom. The number of carbonyl (C=O) groups is 1. The molecule has 0 atom stereocenters. The highest BCUT2D eigenvalue weighted by molar-refractivity contribution is 5.96. The van der Waals surface area contributed by atoms with Crippen LogP contribution in [-0.4, -0.2) is 15.8 Å². The standard InChI is InChI=1S/C8H8N2O4/c1-4(11)5-2-6(9)8(12)7(3-5)10(13)14/h2-3,12H,9H2,1H3. The second-order valence-electron chi connectivity index (χ2n) is 2.75. The van der Waals surface area contributed by atoms with Crippen molar-refractivity contribution in [3.8, 4) is 5.75 Å². The minimum absolute atomic E-state index is 0.104. The van der Waals surface area contributed by atoms with Crippen molar-refractivity contribution in [3.05, 3.63) is 27.8 Å². The van der Waals surface area contributed by atoms with Crippen LogP contribution < -0.4 is 5.73 Å². The predicted molar refractivity (Wildman–Crippen MR) is 49.2 cm³/mol. The van der Waals surface area contributed by atoms with Crippen LogP contribution in [0.3, 0.4) is 0 Å². The lowest BCUT2D eigenvalue weighted by atomic mass is 10.1. The number of phenols is 1. The number of aromatic hydroxyl groups is 1. The van der Waals surface area contributed by atoms with E-state index >= 15 is 0 Å². The van der Waals surface area contributed by atoms with Crippen molar-refractivity contribution in [1.29, 1.82) is 0 Å². The lowest BCUT2D eigenvalue weighted by Crippen LogP contribution is -1.99. The molecule has 0 bridgehead atoms. The SMILES string of the molecule is CC(=O)c1cc(N)c(O)c([N+](=O)[O-])c1. The Labute approximate surface area is 79.1 Å². The molecular formula is C8H8N2O4. The Morgan fingerprint density at radius 2 is 2.14 bits per heavy atom. The smallest absolute Gasteiger partial charge is 0.313 e. The predicted octanol–water partition coefficient (Wildman–Crippen LogP) is 1.09. The van der Waals surface area contributed by atoms with Gasteiger partial charge < -0.3 is 10.8 Å². The van der Waals surface area contributed by atoms with Gasteiger partial charge in [-0.2, -0.15) is 0 Å². The number of rotatable bonds is 2. The summed E-state index contributed by atoms with van der Waals surface area (Å²) in [5.74, 6) is -0.959. The maximum Gasteiger partial charge on any atom is 0.313 e. The van der Waals surface area contributed by atoms with Gasteiger partial charge in [0.1, 0.15) is 0 Å². The largest absolute Gasteiger partial charge is 0.501 e. The summed E-state index contributed by atoms with van der Waals surface area (Å²) in [4.78, 5) is 20.6. The van der Waals surface area contributed by atoms with Crippen molar-refractivity contribution < 1.29 is 14.8 Å². The Bertz CT molecular complexity index is 414. The molecule has 0 radical (unpaired) electrons. The van der Waals surface area contributed by atoms with Crippen LogP contribution in [0.15, 0.2) is 12.1 Å². The van der Waals surface area contributed by atoms with E-state index in [1.54, 1.807) is 0 Å². The van der Waals surface area contributed by atoms with Crippen LogP contribution in [-0.2, 0) is 0 Å². The van der Waals surface area contributed by atoms with Gasteiger partial charge in [-0.1, -0.05) is 0 Å². The van der Waals surface area contributed by atoms with Gasteiger partial charge in [-0.15, -0.1) is 0 Å². The van der Waals surface area contributed by atoms with Gasteiger partial charge in [-0.3, -0.25) is 14.9 Å². The minimum atomic E-state index is -0.794. The zero-order valence-corrected chi connectivity index (χ0v) is 7.35. The Morgan fingerprint density at radius 3 is 2.57 bits per heavy atom. The summed E-state index contributed by atoms with van der Waals surface area (Å²) in [5.41, 5.74) is 4.66. The number of Topliss-reactive ketones (excluding diaryl/α,β-unsaturated/α-hetero) is 1. The third-order valence-corrected chi connectivity index (χ3v) is 1.72. The summed E-state index contributed by atoms with van der Waals surface area (Å²) in [5, 5.41) is 19.6. The topological polar surface area (TPSA) is 106 Å². The molecule has 3 N–H and O–H groups in total. The van der Waals surface area contributed by atoms with Crippen molar-refractivity contribution in [2.24, 2.45) is 0 Å². The number of phenolic OH excluding ortho intramolecular Hbond substituents is 1. The molecule has 6 nitrogen and oxygen atoms in total. The Balaban J connectivity index is 3.43. The monoisotopic (exact) mass is 196 g/mol. The van der Waals surface area contributed by atoms with Gasteiger partial charge in [0.2, 0.25) is 5.75 Å². The molecule has 0 unspecified atom stereocenters. The summed E-state index contributed by atoms with van der Waals surface area (Å²) < 4.78 is 0. The number of nitro groups is 1. The molecule has 14 heavy (non-hydrogen) atoms. The molecule has 0 aliphatic heterocycles. The normalized spacial score (nSPS) is 9.79. The first-order chi connectivity index (χ1) is 6.43. The molecule has 0 saturated heterocycles. The summed E-state index contributed by atoms with van der Waals surface area (Å²) in [7, 11) is 0. The second kappa shape index (κ2) is 3.33. The summed E-state index contributed by atoms with van der Waals surface area (Å²) in [6.07, 6.45) is 0. The van der Waals surface area contributed by atoms with Crippen LogP contribution in [0, 0.1) is 10.1 Å². The van der Waals surface area contributed by atoms with Gasteiger partial charge in [-0.25, -0.2) is 0 Å². The summed E-state index contributed by atoms with van der Waals surface area (Å²) in [6.45, 7) is 1.26. The van der Waals surface area contributed by atoms with E-state index in [-0.39, 0.29) is 17.0 Å². The van der Waals surface area contributed by atoms with Crippen LogP contribution in [0.2, 0.25) is 0 Å².